The molecule has 29 heavy (non-hydrogen) atoms. The Labute approximate surface area is 168 Å². The van der Waals surface area contributed by atoms with Crippen LogP contribution in [0.15, 0.2) is 42.5 Å². The quantitative estimate of drug-likeness (QED) is 0.411. The maximum Gasteiger partial charge on any atom is 0.339 e. The molecule has 2 aromatic rings. The fraction of sp³-hybridized carbons (Fsp3) is 0.300. The van der Waals surface area contributed by atoms with Crippen LogP contribution in [0.3, 0.4) is 0 Å². The highest BCUT2D eigenvalue weighted by Crippen LogP contribution is 2.28. The van der Waals surface area contributed by atoms with Gasteiger partial charge in [0.1, 0.15) is 11.4 Å². The van der Waals surface area contributed by atoms with Crippen molar-refractivity contribution in [1.29, 1.82) is 0 Å². The molecule has 0 bridgehead atoms. The number of rotatable bonds is 8. The van der Waals surface area contributed by atoms with Crippen LogP contribution in [0.2, 0.25) is 0 Å². The van der Waals surface area contributed by atoms with E-state index < -0.39 is 22.9 Å². The van der Waals surface area contributed by atoms with E-state index in [1.165, 1.54) is 26.2 Å². The third-order valence-electron chi connectivity index (χ3n) is 4.19. The molecule has 1 atom stereocenters. The molecule has 9 nitrogen and oxygen atoms in total. The van der Waals surface area contributed by atoms with Gasteiger partial charge in [0.05, 0.1) is 17.6 Å². The fourth-order valence-corrected chi connectivity index (χ4v) is 2.63. The number of nitrogens with zero attached hydrogens (tertiary/aromatic N) is 2. The van der Waals surface area contributed by atoms with Crippen molar-refractivity contribution in [1.82, 2.24) is 5.32 Å². The Morgan fingerprint density at radius 1 is 1.21 bits per heavy atom. The second-order valence-electron chi connectivity index (χ2n) is 6.43. The van der Waals surface area contributed by atoms with Crippen molar-refractivity contribution >= 4 is 23.3 Å². The molecule has 0 aromatic heterocycles. The van der Waals surface area contributed by atoms with Gasteiger partial charge >= 0.3 is 5.97 Å². The molecule has 0 aliphatic heterocycles. The summed E-state index contributed by atoms with van der Waals surface area (Å²) in [4.78, 5) is 36.8. The van der Waals surface area contributed by atoms with Crippen molar-refractivity contribution in [2.75, 3.05) is 26.1 Å². The van der Waals surface area contributed by atoms with Gasteiger partial charge in [-0.15, -0.1) is 0 Å². The molecular formula is C20H23N3O6. The zero-order chi connectivity index (χ0) is 21.6. The first-order valence-electron chi connectivity index (χ1n) is 8.81. The predicted molar refractivity (Wildman–Crippen MR) is 107 cm³/mol. The van der Waals surface area contributed by atoms with E-state index in [9.17, 15) is 19.7 Å². The molecule has 154 valence electrons. The lowest BCUT2D eigenvalue weighted by Gasteiger charge is -2.16. The summed E-state index contributed by atoms with van der Waals surface area (Å²) in [5.74, 6) is -0.687. The molecule has 9 heteroatoms. The van der Waals surface area contributed by atoms with Gasteiger partial charge < -0.3 is 19.7 Å². The molecule has 0 fully saturated rings. The number of nitro benzene ring substituents is 1. The van der Waals surface area contributed by atoms with E-state index in [1.807, 2.05) is 12.1 Å². The average Bonchev–Trinajstić information content (AvgIpc) is 2.71. The highest BCUT2D eigenvalue weighted by Gasteiger charge is 2.23. The van der Waals surface area contributed by atoms with E-state index in [-0.39, 0.29) is 17.8 Å². The average molecular weight is 401 g/mol. The second kappa shape index (κ2) is 9.54. The number of hydrogen-bond acceptors (Lipinski definition) is 7. The molecule has 0 aliphatic rings. The van der Waals surface area contributed by atoms with Gasteiger partial charge in [0.15, 0.2) is 6.10 Å². The van der Waals surface area contributed by atoms with E-state index in [0.29, 0.717) is 11.4 Å². The minimum atomic E-state index is -1.08. The summed E-state index contributed by atoms with van der Waals surface area (Å²) < 4.78 is 10.4. The van der Waals surface area contributed by atoms with Crippen LogP contribution in [-0.2, 0) is 16.1 Å². The van der Waals surface area contributed by atoms with Crippen molar-refractivity contribution < 1.29 is 24.0 Å². The van der Waals surface area contributed by atoms with E-state index in [0.717, 1.165) is 11.6 Å². The lowest BCUT2D eigenvalue weighted by molar-refractivity contribution is -0.384. The summed E-state index contributed by atoms with van der Waals surface area (Å²) in [6.45, 7) is 1.63. The lowest BCUT2D eigenvalue weighted by atomic mass is 10.1. The number of benzene rings is 2. The van der Waals surface area contributed by atoms with Gasteiger partial charge in [-0.3, -0.25) is 14.9 Å². The van der Waals surface area contributed by atoms with Gasteiger partial charge in [-0.25, -0.2) is 4.79 Å². The summed E-state index contributed by atoms with van der Waals surface area (Å²) in [5, 5.41) is 13.9. The van der Waals surface area contributed by atoms with Gasteiger partial charge in [0, 0.05) is 32.3 Å². The molecule has 0 saturated heterocycles. The van der Waals surface area contributed by atoms with Gasteiger partial charge in [-0.1, -0.05) is 18.2 Å². The number of esters is 1. The molecule has 0 aliphatic carbocycles. The number of amides is 1. The highest BCUT2D eigenvalue weighted by atomic mass is 16.6. The normalized spacial score (nSPS) is 11.3. The molecule has 2 aromatic carbocycles. The Balaban J connectivity index is 2.03. The highest BCUT2D eigenvalue weighted by molar-refractivity contribution is 5.93. The predicted octanol–water partition coefficient (Wildman–Crippen LogP) is 2.53. The van der Waals surface area contributed by atoms with Crippen molar-refractivity contribution in [3.8, 4) is 5.75 Å². The Bertz CT molecular complexity index is 913. The molecule has 1 amide bonds. The molecule has 0 unspecified atom stereocenters. The van der Waals surface area contributed by atoms with Gasteiger partial charge in [0.25, 0.3) is 11.6 Å². The van der Waals surface area contributed by atoms with E-state index in [1.54, 1.807) is 31.1 Å². The van der Waals surface area contributed by atoms with Crippen LogP contribution >= 0.6 is 0 Å². The zero-order valence-corrected chi connectivity index (χ0v) is 16.7. The summed E-state index contributed by atoms with van der Waals surface area (Å²) in [6.07, 6.45) is -1.08. The number of para-hydroxylation sites is 1. The molecule has 0 spiro atoms. The Kier molecular flexibility index (Phi) is 7.13. The summed E-state index contributed by atoms with van der Waals surface area (Å²) in [6, 6.07) is 11.2. The second-order valence-corrected chi connectivity index (χ2v) is 6.43. The SMILES string of the molecule is COc1ccccc1CNC(=O)[C@@H](C)OC(=O)c1ccc(N(C)C)c([N+](=O)[O-])c1. The van der Waals surface area contributed by atoms with E-state index in [4.69, 9.17) is 9.47 Å². The lowest BCUT2D eigenvalue weighted by Crippen LogP contribution is -2.35. The third-order valence-corrected chi connectivity index (χ3v) is 4.19. The summed E-state index contributed by atoms with van der Waals surface area (Å²) >= 11 is 0. The smallest absolute Gasteiger partial charge is 0.339 e. The zero-order valence-electron chi connectivity index (χ0n) is 16.7. The summed E-state index contributed by atoms with van der Waals surface area (Å²) in [5.41, 5.74) is 0.898. The van der Waals surface area contributed by atoms with Gasteiger partial charge in [0.2, 0.25) is 0 Å². The van der Waals surface area contributed by atoms with Crippen molar-refractivity contribution in [3.05, 3.63) is 63.7 Å². The van der Waals surface area contributed by atoms with Crippen LogP contribution in [0.5, 0.6) is 5.75 Å². The number of nitrogens with one attached hydrogen (secondary N) is 1. The number of nitro groups is 1. The molecule has 0 saturated carbocycles. The first kappa shape index (κ1) is 21.7. The minimum absolute atomic E-state index is 0.00770. The minimum Gasteiger partial charge on any atom is -0.496 e. The molecule has 0 radical (unpaired) electrons. The maximum atomic E-state index is 12.3. The number of ether oxygens (including phenoxy) is 2. The Hall–Kier alpha value is -3.62. The van der Waals surface area contributed by atoms with Crippen LogP contribution in [0.25, 0.3) is 0 Å². The fourth-order valence-electron chi connectivity index (χ4n) is 2.63. The standard InChI is InChI=1S/C20H23N3O6/c1-13(19(24)21-12-15-7-5-6-8-18(15)28-4)29-20(25)14-9-10-16(22(2)3)17(11-14)23(26)27/h5-11,13H,12H2,1-4H3,(H,21,24)/t13-/m1/s1. The van der Waals surface area contributed by atoms with Crippen LogP contribution < -0.4 is 15.0 Å². The molecule has 1 N–H and O–H groups in total. The van der Waals surface area contributed by atoms with Gasteiger partial charge in [-0.2, -0.15) is 0 Å². The largest absolute Gasteiger partial charge is 0.496 e. The van der Waals surface area contributed by atoms with Crippen molar-refractivity contribution in [2.24, 2.45) is 0 Å². The summed E-state index contributed by atoms with van der Waals surface area (Å²) in [7, 11) is 4.86. The van der Waals surface area contributed by atoms with Crippen LogP contribution in [0.4, 0.5) is 11.4 Å². The number of hydrogen-bond donors (Lipinski definition) is 1. The first-order chi connectivity index (χ1) is 13.7. The van der Waals surface area contributed by atoms with Crippen LogP contribution in [-0.4, -0.2) is 44.1 Å². The van der Waals surface area contributed by atoms with Crippen LogP contribution in [0.1, 0.15) is 22.8 Å². The number of methoxy groups -OCH3 is 1. The first-order valence-corrected chi connectivity index (χ1v) is 8.81. The Morgan fingerprint density at radius 2 is 1.90 bits per heavy atom. The molecule has 0 heterocycles. The van der Waals surface area contributed by atoms with Crippen LogP contribution in [0, 0.1) is 10.1 Å². The van der Waals surface area contributed by atoms with E-state index in [2.05, 4.69) is 5.32 Å². The maximum absolute atomic E-state index is 12.3. The van der Waals surface area contributed by atoms with E-state index >= 15 is 0 Å². The van der Waals surface area contributed by atoms with Gasteiger partial charge in [-0.05, 0) is 25.1 Å². The van der Waals surface area contributed by atoms with Crippen molar-refractivity contribution in [3.63, 3.8) is 0 Å². The topological polar surface area (TPSA) is 111 Å². The number of anilines is 1. The molecule has 2 rings (SSSR count). The monoisotopic (exact) mass is 401 g/mol. The number of carbonyl (C=O) groups is 2. The molecular weight excluding hydrogens is 378 g/mol. The van der Waals surface area contributed by atoms with Crippen molar-refractivity contribution in [2.45, 2.75) is 19.6 Å². The third kappa shape index (κ3) is 5.44. The Morgan fingerprint density at radius 3 is 2.52 bits per heavy atom. The number of carbonyl (C=O) groups excluding carboxylic acids is 2.